The first-order valence-electron chi connectivity index (χ1n) is 15.2. The third-order valence-electron chi connectivity index (χ3n) is 9.03. The molecule has 1 aliphatic carbocycles. The summed E-state index contributed by atoms with van der Waals surface area (Å²) in [7, 11) is 0. The van der Waals surface area contributed by atoms with E-state index in [1.807, 2.05) is 32.0 Å². The molecule has 5 N–H and O–H groups in total. The highest BCUT2D eigenvalue weighted by Crippen LogP contribution is 2.42. The van der Waals surface area contributed by atoms with Gasteiger partial charge in [-0.3, -0.25) is 14.4 Å². The van der Waals surface area contributed by atoms with E-state index in [2.05, 4.69) is 6.07 Å². The average molecular weight is 601 g/mol. The summed E-state index contributed by atoms with van der Waals surface area (Å²) in [5.74, 6) is 3.71. The highest BCUT2D eigenvalue weighted by molar-refractivity contribution is 5.98. The van der Waals surface area contributed by atoms with E-state index >= 15 is 0 Å². The normalized spacial score (nSPS) is 21.5. The molecule has 232 valence electrons. The SMILES string of the molecule is CC(C)N(N)/C=C(\N)COc1ccc(C#N)c2c1[C@@H](CN1Cc3ccccc3C1=O)N(C(=O)[C@@H]1CCCC[C@@H]1C(=O)O)CC2. The summed E-state index contributed by atoms with van der Waals surface area (Å²) in [4.78, 5) is 43.4. The molecule has 1 fully saturated rings. The van der Waals surface area contributed by atoms with Crippen molar-refractivity contribution >= 4 is 17.8 Å². The van der Waals surface area contributed by atoms with Gasteiger partial charge in [-0.05, 0) is 62.4 Å². The Labute approximate surface area is 257 Å². The van der Waals surface area contributed by atoms with E-state index < -0.39 is 23.8 Å². The van der Waals surface area contributed by atoms with Crippen LogP contribution in [0.4, 0.5) is 0 Å². The zero-order valence-corrected chi connectivity index (χ0v) is 25.2. The smallest absolute Gasteiger partial charge is 0.307 e. The fourth-order valence-electron chi connectivity index (χ4n) is 6.65. The number of aliphatic carboxylic acids is 1. The fourth-order valence-corrected chi connectivity index (χ4v) is 6.65. The van der Waals surface area contributed by atoms with Crippen LogP contribution in [0.25, 0.3) is 0 Å². The summed E-state index contributed by atoms with van der Waals surface area (Å²) >= 11 is 0. The largest absolute Gasteiger partial charge is 0.487 e. The minimum absolute atomic E-state index is 0.0111. The summed E-state index contributed by atoms with van der Waals surface area (Å²) in [5.41, 5.74) is 10.0. The van der Waals surface area contributed by atoms with Gasteiger partial charge in [0.2, 0.25) is 5.91 Å². The monoisotopic (exact) mass is 600 g/mol. The molecule has 0 radical (unpaired) electrons. The standard InChI is InChI=1S/C33H40N6O5/c1-20(2)39(36)17-23(35)19-44-29-12-11-21(15-34)24-13-14-38(32(41)26-9-5-6-10-27(26)33(42)43)28(30(24)29)18-37-16-22-7-3-4-8-25(22)31(37)40/h3-4,7-8,11-12,17,20,26-28H,5-6,9-10,13-14,16,18-19,35-36H2,1-2H3,(H,42,43)/b23-17-/t26-,27+,28-/m1/s1. The topological polar surface area (TPSA) is 166 Å². The van der Waals surface area contributed by atoms with Crippen LogP contribution in [-0.4, -0.2) is 63.4 Å². The predicted octanol–water partition coefficient (Wildman–Crippen LogP) is 3.29. The number of rotatable bonds is 9. The van der Waals surface area contributed by atoms with Crippen LogP contribution in [0.2, 0.25) is 0 Å². The van der Waals surface area contributed by atoms with Crippen molar-refractivity contribution in [1.82, 2.24) is 14.8 Å². The molecule has 2 amide bonds. The van der Waals surface area contributed by atoms with Gasteiger partial charge in [0.1, 0.15) is 12.4 Å². The molecule has 0 bridgehead atoms. The Bertz CT molecular complexity index is 1510. The van der Waals surface area contributed by atoms with Gasteiger partial charge >= 0.3 is 5.97 Å². The number of hydrazine groups is 1. The van der Waals surface area contributed by atoms with Gasteiger partial charge in [0.15, 0.2) is 0 Å². The van der Waals surface area contributed by atoms with E-state index in [9.17, 15) is 24.8 Å². The lowest BCUT2D eigenvalue weighted by Gasteiger charge is -2.43. The molecule has 2 heterocycles. The number of fused-ring (bicyclic) bond motifs is 2. The molecule has 0 saturated heterocycles. The summed E-state index contributed by atoms with van der Waals surface area (Å²) in [6, 6.07) is 12.5. The van der Waals surface area contributed by atoms with Crippen molar-refractivity contribution < 1.29 is 24.2 Å². The van der Waals surface area contributed by atoms with E-state index in [-0.39, 0.29) is 31.0 Å². The van der Waals surface area contributed by atoms with Gasteiger partial charge < -0.3 is 30.4 Å². The summed E-state index contributed by atoms with van der Waals surface area (Å²) < 4.78 is 6.24. The second-order valence-electron chi connectivity index (χ2n) is 12.1. The van der Waals surface area contributed by atoms with E-state index in [1.165, 1.54) is 5.01 Å². The molecule has 2 aromatic carbocycles. The quantitative estimate of drug-likeness (QED) is 0.289. The lowest BCUT2D eigenvalue weighted by atomic mass is 9.77. The summed E-state index contributed by atoms with van der Waals surface area (Å²) in [6.07, 6.45) is 4.49. The number of nitriles is 1. The summed E-state index contributed by atoms with van der Waals surface area (Å²) in [6.45, 7) is 4.71. The molecule has 0 spiro atoms. The molecule has 5 rings (SSSR count). The maximum atomic E-state index is 14.3. The Morgan fingerprint density at radius 3 is 2.59 bits per heavy atom. The zero-order chi connectivity index (χ0) is 31.5. The van der Waals surface area contributed by atoms with Crippen molar-refractivity contribution in [3.8, 4) is 11.8 Å². The number of nitrogens with zero attached hydrogens (tertiary/aromatic N) is 4. The Kier molecular flexibility index (Phi) is 9.11. The number of carboxylic acids is 1. The number of amides is 2. The Morgan fingerprint density at radius 1 is 1.18 bits per heavy atom. The van der Waals surface area contributed by atoms with Gasteiger partial charge in [0.25, 0.3) is 5.91 Å². The first-order chi connectivity index (χ1) is 21.1. The number of hydrogen-bond donors (Lipinski definition) is 3. The molecule has 11 heteroatoms. The van der Waals surface area contributed by atoms with Crippen LogP contribution >= 0.6 is 0 Å². The number of benzene rings is 2. The first kappa shape index (κ1) is 30.9. The second-order valence-corrected chi connectivity index (χ2v) is 12.1. The second kappa shape index (κ2) is 13.0. The fraction of sp³-hybridized carbons (Fsp3) is 0.455. The number of ether oxygens (including phenoxy) is 1. The van der Waals surface area contributed by atoms with E-state index in [0.717, 1.165) is 24.0 Å². The molecular formula is C33H40N6O5. The lowest BCUT2D eigenvalue weighted by Crippen LogP contribution is -2.50. The van der Waals surface area contributed by atoms with Crippen LogP contribution in [0.15, 0.2) is 48.3 Å². The number of carbonyl (C=O) groups is 3. The van der Waals surface area contributed by atoms with Crippen LogP contribution in [0.3, 0.4) is 0 Å². The number of nitrogens with two attached hydrogens (primary N) is 2. The van der Waals surface area contributed by atoms with Gasteiger partial charge in [0, 0.05) is 43.0 Å². The van der Waals surface area contributed by atoms with Crippen LogP contribution in [-0.2, 0) is 22.6 Å². The van der Waals surface area contributed by atoms with Crippen LogP contribution in [0.1, 0.15) is 78.2 Å². The molecular weight excluding hydrogens is 560 g/mol. The third kappa shape index (κ3) is 6.08. The molecule has 2 aliphatic heterocycles. The highest BCUT2D eigenvalue weighted by atomic mass is 16.5. The highest BCUT2D eigenvalue weighted by Gasteiger charge is 2.44. The van der Waals surface area contributed by atoms with E-state index in [0.29, 0.717) is 60.5 Å². The van der Waals surface area contributed by atoms with Crippen molar-refractivity contribution in [2.24, 2.45) is 23.4 Å². The zero-order valence-electron chi connectivity index (χ0n) is 25.2. The number of hydrogen-bond acceptors (Lipinski definition) is 8. The van der Waals surface area contributed by atoms with Crippen molar-refractivity contribution in [2.45, 2.75) is 64.6 Å². The van der Waals surface area contributed by atoms with Gasteiger partial charge in [-0.1, -0.05) is 31.0 Å². The van der Waals surface area contributed by atoms with Crippen LogP contribution < -0.4 is 16.3 Å². The van der Waals surface area contributed by atoms with Crippen molar-refractivity contribution in [3.05, 3.63) is 76.1 Å². The molecule has 3 aliphatic rings. The van der Waals surface area contributed by atoms with E-state index in [1.54, 1.807) is 34.2 Å². The maximum Gasteiger partial charge on any atom is 0.307 e. The molecule has 11 nitrogen and oxygen atoms in total. The van der Waals surface area contributed by atoms with Crippen LogP contribution in [0, 0.1) is 23.2 Å². The van der Waals surface area contributed by atoms with Gasteiger partial charge in [-0.2, -0.15) is 5.26 Å². The predicted molar refractivity (Wildman–Crippen MR) is 163 cm³/mol. The van der Waals surface area contributed by atoms with Gasteiger partial charge in [0.05, 0.1) is 35.2 Å². The molecule has 3 atom stereocenters. The average Bonchev–Trinajstić information content (AvgIpc) is 3.34. The van der Waals surface area contributed by atoms with Gasteiger partial charge in [-0.25, -0.2) is 5.84 Å². The Balaban J connectivity index is 1.54. The minimum atomic E-state index is -0.962. The molecule has 1 saturated carbocycles. The first-order valence-corrected chi connectivity index (χ1v) is 15.2. The lowest BCUT2D eigenvalue weighted by molar-refractivity contribution is -0.153. The van der Waals surface area contributed by atoms with Gasteiger partial charge in [-0.15, -0.1) is 0 Å². The van der Waals surface area contributed by atoms with Crippen molar-refractivity contribution in [2.75, 3.05) is 19.7 Å². The van der Waals surface area contributed by atoms with E-state index in [4.69, 9.17) is 16.3 Å². The summed E-state index contributed by atoms with van der Waals surface area (Å²) in [5, 5.41) is 21.5. The maximum absolute atomic E-state index is 14.3. The van der Waals surface area contributed by atoms with Crippen molar-refractivity contribution in [3.63, 3.8) is 0 Å². The Hall–Kier alpha value is -4.56. The number of carboxylic acid groups (broad SMARTS) is 1. The van der Waals surface area contributed by atoms with Crippen molar-refractivity contribution in [1.29, 1.82) is 5.26 Å². The molecule has 0 unspecified atom stereocenters. The Morgan fingerprint density at radius 2 is 1.91 bits per heavy atom. The third-order valence-corrected chi connectivity index (χ3v) is 9.03. The minimum Gasteiger partial charge on any atom is -0.487 e. The molecule has 0 aromatic heterocycles. The number of carbonyl (C=O) groups excluding carboxylic acids is 2. The van der Waals surface area contributed by atoms with Crippen LogP contribution in [0.5, 0.6) is 5.75 Å². The molecule has 2 aromatic rings. The molecule has 44 heavy (non-hydrogen) atoms.